The number of phenolic OH excluding ortho intramolecular Hbond substituents is 1. The first-order valence-electron chi connectivity index (χ1n) is 11.0. The standard InChI is InChI=1S/C22H29N7O7S/c23-14(9-37)19(32)27-16(7-18(24)31)21(34)28-15(6-12-8-25-10-26-12)20(33)29-17(22(35)36)5-11-1-3-13(30)4-2-11/h1-4,8,10,14-17,30,37H,5-7,9,23H2,(H2,24,31)(H,25,26)(H,27,32)(H,28,34)(H,29,33)(H,35,36). The predicted octanol–water partition coefficient (Wildman–Crippen LogP) is -2.43. The maximum atomic E-state index is 13.1. The highest BCUT2D eigenvalue weighted by Gasteiger charge is 2.31. The molecule has 0 aliphatic rings. The third-order valence-corrected chi connectivity index (χ3v) is 5.57. The van der Waals surface area contributed by atoms with Crippen molar-refractivity contribution in [2.75, 3.05) is 5.75 Å². The number of amides is 4. The molecular weight excluding hydrogens is 506 g/mol. The van der Waals surface area contributed by atoms with Crippen LogP contribution in [0.4, 0.5) is 0 Å². The minimum absolute atomic E-state index is 0.00470. The lowest BCUT2D eigenvalue weighted by molar-refractivity contribution is -0.142. The Labute approximate surface area is 217 Å². The van der Waals surface area contributed by atoms with Crippen LogP contribution in [0.25, 0.3) is 0 Å². The lowest BCUT2D eigenvalue weighted by atomic mass is 10.0. The van der Waals surface area contributed by atoms with Crippen molar-refractivity contribution in [1.29, 1.82) is 0 Å². The molecule has 37 heavy (non-hydrogen) atoms. The molecule has 15 heteroatoms. The van der Waals surface area contributed by atoms with Crippen molar-refractivity contribution in [2.24, 2.45) is 11.5 Å². The van der Waals surface area contributed by atoms with Crippen molar-refractivity contribution in [2.45, 2.75) is 43.4 Å². The number of aromatic nitrogens is 2. The molecule has 4 atom stereocenters. The van der Waals surface area contributed by atoms with Crippen LogP contribution < -0.4 is 27.4 Å². The van der Waals surface area contributed by atoms with E-state index in [-0.39, 0.29) is 24.3 Å². The summed E-state index contributed by atoms with van der Waals surface area (Å²) in [4.78, 5) is 68.2. The number of hydrogen-bond donors (Lipinski definition) is 9. The second-order valence-corrected chi connectivity index (χ2v) is 8.50. The van der Waals surface area contributed by atoms with E-state index in [4.69, 9.17) is 11.5 Å². The van der Waals surface area contributed by atoms with Crippen LogP contribution in [0.5, 0.6) is 5.75 Å². The first-order valence-corrected chi connectivity index (χ1v) is 11.7. The molecule has 10 N–H and O–H groups in total. The van der Waals surface area contributed by atoms with E-state index < -0.39 is 60.2 Å². The number of rotatable bonds is 14. The smallest absolute Gasteiger partial charge is 0.326 e. The van der Waals surface area contributed by atoms with E-state index in [1.807, 2.05) is 0 Å². The number of benzene rings is 1. The average molecular weight is 536 g/mol. The zero-order valence-corrected chi connectivity index (χ0v) is 20.5. The molecule has 1 aromatic carbocycles. The summed E-state index contributed by atoms with van der Waals surface area (Å²) in [5.74, 6) is -4.77. The molecule has 1 heterocycles. The number of aromatic amines is 1. The van der Waals surface area contributed by atoms with Crippen molar-refractivity contribution in [3.63, 3.8) is 0 Å². The number of primary amides is 1. The molecule has 2 rings (SSSR count). The normalized spacial score (nSPS) is 14.0. The summed E-state index contributed by atoms with van der Waals surface area (Å²) in [5, 5.41) is 26.2. The summed E-state index contributed by atoms with van der Waals surface area (Å²) in [7, 11) is 0. The van der Waals surface area contributed by atoms with E-state index >= 15 is 0 Å². The number of aliphatic carboxylic acids is 1. The maximum Gasteiger partial charge on any atom is 0.326 e. The number of aromatic hydroxyl groups is 1. The van der Waals surface area contributed by atoms with E-state index in [0.717, 1.165) is 0 Å². The Morgan fingerprint density at radius 3 is 2.08 bits per heavy atom. The van der Waals surface area contributed by atoms with Gasteiger partial charge in [0.05, 0.1) is 18.8 Å². The van der Waals surface area contributed by atoms with Gasteiger partial charge in [-0.1, -0.05) is 12.1 Å². The summed E-state index contributed by atoms with van der Waals surface area (Å²) in [6, 6.07) is 0.580. The molecule has 0 saturated carbocycles. The molecule has 200 valence electrons. The number of nitrogens with two attached hydrogens (primary N) is 2. The topological polar surface area (TPSA) is 243 Å². The Morgan fingerprint density at radius 2 is 1.54 bits per heavy atom. The Morgan fingerprint density at radius 1 is 0.946 bits per heavy atom. The summed E-state index contributed by atoms with van der Waals surface area (Å²) in [5.41, 5.74) is 11.8. The van der Waals surface area contributed by atoms with E-state index in [1.165, 1.54) is 36.8 Å². The van der Waals surface area contributed by atoms with Gasteiger partial charge in [-0.05, 0) is 17.7 Å². The summed E-state index contributed by atoms with van der Waals surface area (Å²) in [6.45, 7) is 0. The quantitative estimate of drug-likeness (QED) is 0.117. The summed E-state index contributed by atoms with van der Waals surface area (Å²) >= 11 is 3.92. The molecule has 2 aromatic rings. The van der Waals surface area contributed by atoms with E-state index in [1.54, 1.807) is 0 Å². The lowest BCUT2D eigenvalue weighted by Gasteiger charge is -2.24. The minimum Gasteiger partial charge on any atom is -0.508 e. The Kier molecular flexibility index (Phi) is 10.9. The third-order valence-electron chi connectivity index (χ3n) is 5.17. The lowest BCUT2D eigenvalue weighted by Crippen LogP contribution is -2.58. The molecule has 0 radical (unpaired) electrons. The SMILES string of the molecule is NC(=O)CC(NC(=O)C(N)CS)C(=O)NC(Cc1cnc[nH]1)C(=O)NC(Cc1ccc(O)cc1)C(=O)O. The highest BCUT2D eigenvalue weighted by Crippen LogP contribution is 2.12. The second-order valence-electron chi connectivity index (χ2n) is 8.13. The van der Waals surface area contributed by atoms with Gasteiger partial charge < -0.3 is 42.6 Å². The minimum atomic E-state index is -1.44. The number of carboxylic acids is 1. The van der Waals surface area contributed by atoms with Crippen molar-refractivity contribution in [1.82, 2.24) is 25.9 Å². The van der Waals surface area contributed by atoms with Crippen LogP contribution in [-0.2, 0) is 36.8 Å². The molecule has 0 fully saturated rings. The van der Waals surface area contributed by atoms with Gasteiger partial charge >= 0.3 is 5.97 Å². The third kappa shape index (κ3) is 9.46. The van der Waals surface area contributed by atoms with Crippen LogP contribution in [0, 0.1) is 0 Å². The molecule has 14 nitrogen and oxygen atoms in total. The zero-order valence-electron chi connectivity index (χ0n) is 19.6. The number of imidazole rings is 1. The zero-order chi connectivity index (χ0) is 27.5. The number of nitrogens with zero attached hydrogens (tertiary/aromatic N) is 1. The molecule has 1 aromatic heterocycles. The number of phenols is 1. The van der Waals surface area contributed by atoms with Gasteiger partial charge in [-0.25, -0.2) is 9.78 Å². The van der Waals surface area contributed by atoms with E-state index in [0.29, 0.717) is 11.3 Å². The second kappa shape index (κ2) is 13.8. The number of nitrogens with one attached hydrogen (secondary N) is 4. The number of thiol groups is 1. The first-order chi connectivity index (χ1) is 17.5. The molecule has 0 saturated heterocycles. The van der Waals surface area contributed by atoms with Crippen LogP contribution in [0.3, 0.4) is 0 Å². The summed E-state index contributed by atoms with van der Waals surface area (Å²) in [6.07, 6.45) is 1.97. The van der Waals surface area contributed by atoms with Gasteiger partial charge in [0.1, 0.15) is 23.9 Å². The van der Waals surface area contributed by atoms with Gasteiger partial charge in [0, 0.05) is 30.5 Å². The van der Waals surface area contributed by atoms with Gasteiger partial charge in [-0.15, -0.1) is 0 Å². The Balaban J connectivity index is 2.22. The van der Waals surface area contributed by atoms with Crippen molar-refractivity contribution in [3.8, 4) is 5.75 Å². The molecule has 0 aliphatic heterocycles. The summed E-state index contributed by atoms with van der Waals surface area (Å²) < 4.78 is 0. The molecule has 4 amide bonds. The average Bonchev–Trinajstić information content (AvgIpc) is 3.36. The fourth-order valence-corrected chi connectivity index (χ4v) is 3.38. The van der Waals surface area contributed by atoms with Gasteiger partial charge in [0.15, 0.2) is 0 Å². The number of H-pyrrole nitrogens is 1. The van der Waals surface area contributed by atoms with Crippen molar-refractivity contribution < 1.29 is 34.2 Å². The fraction of sp³-hybridized carbons (Fsp3) is 0.364. The van der Waals surface area contributed by atoms with Crippen molar-refractivity contribution >= 4 is 42.2 Å². The van der Waals surface area contributed by atoms with E-state index in [2.05, 4.69) is 38.5 Å². The van der Waals surface area contributed by atoms with Gasteiger partial charge in [-0.2, -0.15) is 12.6 Å². The number of hydrogen-bond acceptors (Lipinski definition) is 9. The molecule has 4 unspecified atom stereocenters. The van der Waals surface area contributed by atoms with Crippen LogP contribution >= 0.6 is 12.6 Å². The largest absolute Gasteiger partial charge is 0.508 e. The molecular formula is C22H29N7O7S. The van der Waals surface area contributed by atoms with Crippen LogP contribution in [0.2, 0.25) is 0 Å². The van der Waals surface area contributed by atoms with Crippen LogP contribution in [-0.4, -0.2) is 79.7 Å². The molecule has 0 aliphatic carbocycles. The monoisotopic (exact) mass is 535 g/mol. The fourth-order valence-electron chi connectivity index (χ4n) is 3.21. The van der Waals surface area contributed by atoms with Crippen LogP contribution in [0.15, 0.2) is 36.8 Å². The number of carboxylic acid groups (broad SMARTS) is 1. The highest BCUT2D eigenvalue weighted by atomic mass is 32.1. The molecule has 0 spiro atoms. The molecule has 0 bridgehead atoms. The highest BCUT2D eigenvalue weighted by molar-refractivity contribution is 7.80. The maximum absolute atomic E-state index is 13.1. The Bertz CT molecular complexity index is 1100. The van der Waals surface area contributed by atoms with Gasteiger partial charge in [-0.3, -0.25) is 19.2 Å². The van der Waals surface area contributed by atoms with Crippen LogP contribution in [0.1, 0.15) is 17.7 Å². The predicted molar refractivity (Wildman–Crippen MR) is 133 cm³/mol. The number of carbonyl (C=O) groups excluding carboxylic acids is 4. The van der Waals surface area contributed by atoms with Gasteiger partial charge in [0.2, 0.25) is 23.6 Å². The number of carbonyl (C=O) groups is 5. The first kappa shape index (κ1) is 29.1. The van der Waals surface area contributed by atoms with Gasteiger partial charge in [0.25, 0.3) is 0 Å². The van der Waals surface area contributed by atoms with E-state index in [9.17, 15) is 34.2 Å². The van der Waals surface area contributed by atoms with Crippen molar-refractivity contribution in [3.05, 3.63) is 48.0 Å². The Hall–Kier alpha value is -4.11.